The Morgan fingerprint density at radius 3 is 2.47 bits per heavy atom. The first kappa shape index (κ1) is 20.8. The smallest absolute Gasteiger partial charge is 0.221 e. The first-order chi connectivity index (χ1) is 15.5. The lowest BCUT2D eigenvalue weighted by Gasteiger charge is -2.13. The van der Waals surface area contributed by atoms with Gasteiger partial charge in [-0.2, -0.15) is 4.98 Å². The molecule has 0 fully saturated rings. The van der Waals surface area contributed by atoms with Crippen LogP contribution in [0.25, 0.3) is 10.8 Å². The van der Waals surface area contributed by atoms with Gasteiger partial charge in [-0.25, -0.2) is 4.98 Å². The summed E-state index contributed by atoms with van der Waals surface area (Å²) in [4.78, 5) is 8.05. The Kier molecular flexibility index (Phi) is 5.69. The van der Waals surface area contributed by atoms with Gasteiger partial charge in [0.1, 0.15) is 11.6 Å². The zero-order chi connectivity index (χ0) is 22.7. The lowest BCUT2D eigenvalue weighted by atomic mass is 10.0. The molecule has 0 aliphatic rings. The minimum absolute atomic E-state index is 0.135. The van der Waals surface area contributed by atoms with Crippen LogP contribution in [0.1, 0.15) is 22.3 Å². The van der Waals surface area contributed by atoms with Crippen molar-refractivity contribution in [3.8, 4) is 29.1 Å². The van der Waals surface area contributed by atoms with Crippen molar-refractivity contribution in [2.45, 2.75) is 6.42 Å². The maximum atomic E-state index is 9.65. The van der Waals surface area contributed by atoms with Gasteiger partial charge in [-0.3, -0.25) is 0 Å². The van der Waals surface area contributed by atoms with Crippen LogP contribution >= 0.6 is 0 Å². The average molecular weight is 426 g/mol. The number of hydrogen-bond acceptors (Lipinski definition) is 7. The van der Waals surface area contributed by atoms with Crippen molar-refractivity contribution in [1.29, 1.82) is 0 Å². The molecule has 0 atom stereocenters. The fourth-order valence-corrected chi connectivity index (χ4v) is 3.46. The largest absolute Gasteiger partial charge is 0.508 e. The number of anilines is 2. The van der Waals surface area contributed by atoms with E-state index < -0.39 is 0 Å². The number of aromatic nitrogens is 2. The Hall–Kier alpha value is -4.44. The van der Waals surface area contributed by atoms with Crippen molar-refractivity contribution in [2.24, 2.45) is 0 Å². The third-order valence-electron chi connectivity index (χ3n) is 5.02. The van der Waals surface area contributed by atoms with Gasteiger partial charge in [0.15, 0.2) is 11.5 Å². The van der Waals surface area contributed by atoms with Gasteiger partial charge in [-0.15, -0.1) is 0 Å². The van der Waals surface area contributed by atoms with Crippen LogP contribution in [0.4, 0.5) is 11.8 Å². The van der Waals surface area contributed by atoms with Crippen LogP contribution in [-0.4, -0.2) is 29.3 Å². The van der Waals surface area contributed by atoms with Crippen LogP contribution in [0.2, 0.25) is 0 Å². The number of nitrogen functional groups attached to an aromatic ring is 2. The molecule has 32 heavy (non-hydrogen) atoms. The van der Waals surface area contributed by atoms with Gasteiger partial charge in [-0.05, 0) is 52.7 Å². The van der Waals surface area contributed by atoms with E-state index in [1.807, 2.05) is 36.4 Å². The summed E-state index contributed by atoms with van der Waals surface area (Å²) in [6, 6.07) is 14.9. The number of hydrogen-bond donors (Lipinski definition) is 3. The number of aromatic hydroxyl groups is 1. The zero-order valence-corrected chi connectivity index (χ0v) is 17.7. The Morgan fingerprint density at radius 1 is 0.938 bits per heavy atom. The Morgan fingerprint density at radius 2 is 1.72 bits per heavy atom. The number of methoxy groups -OCH3 is 2. The van der Waals surface area contributed by atoms with Crippen LogP contribution in [0, 0.1) is 11.8 Å². The fraction of sp³-hybridized carbons (Fsp3) is 0.120. The van der Waals surface area contributed by atoms with Gasteiger partial charge >= 0.3 is 0 Å². The predicted octanol–water partition coefficient (Wildman–Crippen LogP) is 3.51. The molecule has 0 spiro atoms. The second-order valence-electron chi connectivity index (χ2n) is 7.19. The summed E-state index contributed by atoms with van der Waals surface area (Å²) >= 11 is 0. The maximum absolute atomic E-state index is 9.65. The van der Waals surface area contributed by atoms with Gasteiger partial charge in [0, 0.05) is 23.7 Å². The molecule has 0 unspecified atom stereocenters. The topological polar surface area (TPSA) is 117 Å². The number of benzene rings is 3. The molecule has 0 saturated heterocycles. The predicted molar refractivity (Wildman–Crippen MR) is 125 cm³/mol. The maximum Gasteiger partial charge on any atom is 0.221 e. The molecule has 7 heteroatoms. The molecular formula is C25H22N4O3. The highest BCUT2D eigenvalue weighted by atomic mass is 16.5. The van der Waals surface area contributed by atoms with E-state index in [-0.39, 0.29) is 11.7 Å². The van der Waals surface area contributed by atoms with Crippen molar-refractivity contribution in [3.63, 3.8) is 0 Å². The van der Waals surface area contributed by atoms with E-state index in [1.54, 1.807) is 32.5 Å². The monoisotopic (exact) mass is 426 g/mol. The van der Waals surface area contributed by atoms with Gasteiger partial charge < -0.3 is 26.0 Å². The summed E-state index contributed by atoms with van der Waals surface area (Å²) in [5.74, 6) is 8.21. The summed E-state index contributed by atoms with van der Waals surface area (Å²) in [7, 11) is 3.16. The van der Waals surface area contributed by atoms with E-state index >= 15 is 0 Å². The molecule has 1 heterocycles. The fourth-order valence-electron chi connectivity index (χ4n) is 3.46. The van der Waals surface area contributed by atoms with Crippen molar-refractivity contribution in [3.05, 3.63) is 77.0 Å². The molecule has 5 N–H and O–H groups in total. The summed E-state index contributed by atoms with van der Waals surface area (Å²) in [5, 5.41) is 11.6. The lowest BCUT2D eigenvalue weighted by molar-refractivity contribution is 0.354. The van der Waals surface area contributed by atoms with Crippen molar-refractivity contribution >= 4 is 22.5 Å². The molecule has 3 aromatic carbocycles. The van der Waals surface area contributed by atoms with Crippen LogP contribution in [0.5, 0.6) is 17.2 Å². The van der Waals surface area contributed by atoms with E-state index in [4.69, 9.17) is 20.9 Å². The molecule has 4 rings (SSSR count). The summed E-state index contributed by atoms with van der Waals surface area (Å²) in [6.45, 7) is 0. The quantitative estimate of drug-likeness (QED) is 0.428. The molecule has 4 aromatic rings. The minimum Gasteiger partial charge on any atom is -0.508 e. The van der Waals surface area contributed by atoms with Crippen molar-refractivity contribution < 1.29 is 14.6 Å². The molecule has 7 nitrogen and oxygen atoms in total. The molecule has 0 saturated carbocycles. The van der Waals surface area contributed by atoms with Crippen LogP contribution in [0.3, 0.4) is 0 Å². The SMILES string of the molecule is COc1cc(Cc2cnc(N)nc2N)cc(C#Cc2ccc3cc(O)ccc3c2)c1OC. The average Bonchev–Trinajstić information content (AvgIpc) is 2.79. The number of nitrogens with two attached hydrogens (primary N) is 2. The third kappa shape index (κ3) is 4.35. The zero-order valence-electron chi connectivity index (χ0n) is 17.7. The van der Waals surface area contributed by atoms with Gasteiger partial charge in [0.2, 0.25) is 5.95 Å². The molecule has 0 amide bonds. The number of nitrogens with zero attached hydrogens (tertiary/aromatic N) is 2. The molecule has 160 valence electrons. The number of fused-ring (bicyclic) bond motifs is 1. The third-order valence-corrected chi connectivity index (χ3v) is 5.02. The molecule has 0 radical (unpaired) electrons. The standard InChI is InChI=1S/C25H22N4O3/c1-31-22-12-16(11-20-14-28-25(27)29-24(20)26)10-19(23(22)32-2)6-4-15-3-5-18-13-21(30)8-7-17(18)9-15/h3,5,7-10,12-14,30H,11H2,1-2H3,(H4,26,27,28,29). The van der Waals surface area contributed by atoms with Gasteiger partial charge in [-0.1, -0.05) is 24.0 Å². The highest BCUT2D eigenvalue weighted by molar-refractivity contribution is 5.85. The van der Waals surface area contributed by atoms with E-state index in [1.165, 1.54) is 0 Å². The number of rotatable bonds is 4. The second-order valence-corrected chi connectivity index (χ2v) is 7.19. The summed E-state index contributed by atoms with van der Waals surface area (Å²) < 4.78 is 11.1. The molecule has 1 aromatic heterocycles. The van der Waals surface area contributed by atoms with Crippen molar-refractivity contribution in [1.82, 2.24) is 9.97 Å². The molecule has 0 aliphatic carbocycles. The van der Waals surface area contributed by atoms with E-state index in [2.05, 4.69) is 21.8 Å². The molecule has 0 aliphatic heterocycles. The molecule has 0 bridgehead atoms. The number of ether oxygens (including phenoxy) is 2. The normalized spacial score (nSPS) is 10.4. The first-order valence-electron chi connectivity index (χ1n) is 9.83. The van der Waals surface area contributed by atoms with E-state index in [0.717, 1.165) is 27.5 Å². The Bertz CT molecular complexity index is 1370. The lowest BCUT2D eigenvalue weighted by Crippen LogP contribution is -2.04. The van der Waals surface area contributed by atoms with Crippen LogP contribution in [-0.2, 0) is 6.42 Å². The first-order valence-corrected chi connectivity index (χ1v) is 9.83. The second kappa shape index (κ2) is 8.74. The number of phenolic OH excluding ortho intramolecular Hbond substituents is 1. The van der Waals surface area contributed by atoms with Crippen LogP contribution < -0.4 is 20.9 Å². The highest BCUT2D eigenvalue weighted by Gasteiger charge is 2.13. The van der Waals surface area contributed by atoms with E-state index in [9.17, 15) is 5.11 Å². The van der Waals surface area contributed by atoms with Crippen LogP contribution in [0.15, 0.2) is 54.7 Å². The molecular weight excluding hydrogens is 404 g/mol. The highest BCUT2D eigenvalue weighted by Crippen LogP contribution is 2.33. The summed E-state index contributed by atoms with van der Waals surface area (Å²) in [5.41, 5.74) is 14.8. The van der Waals surface area contributed by atoms with Gasteiger partial charge in [0.05, 0.1) is 19.8 Å². The summed E-state index contributed by atoms with van der Waals surface area (Å²) in [6.07, 6.45) is 2.10. The number of phenols is 1. The Labute approximate surface area is 185 Å². The Balaban J connectivity index is 1.73. The van der Waals surface area contributed by atoms with E-state index in [0.29, 0.717) is 29.3 Å². The van der Waals surface area contributed by atoms with Gasteiger partial charge in [0.25, 0.3) is 0 Å². The van der Waals surface area contributed by atoms with Crippen molar-refractivity contribution in [2.75, 3.05) is 25.7 Å². The minimum atomic E-state index is 0.135.